The molecule has 1 aliphatic rings. The highest BCUT2D eigenvalue weighted by molar-refractivity contribution is 9.10. The maximum atomic E-state index is 12.1. The number of hydrogen-bond acceptors (Lipinski definition) is 6. The first-order valence-electron chi connectivity index (χ1n) is 7.00. The zero-order valence-corrected chi connectivity index (χ0v) is 16.1. The fourth-order valence-corrected chi connectivity index (χ4v) is 6.81. The van der Waals surface area contributed by atoms with Crippen molar-refractivity contribution >= 4 is 48.9 Å². The minimum absolute atomic E-state index is 0.228. The zero-order valence-electron chi connectivity index (χ0n) is 12.0. The SMILES string of the molecule is CCS(=O)(=O)C1CSCCN1CCNCc1cc(Br)cs1. The second-order valence-electron chi connectivity index (χ2n) is 4.93. The minimum atomic E-state index is -2.98. The van der Waals surface area contributed by atoms with Crippen molar-refractivity contribution in [3.8, 4) is 0 Å². The summed E-state index contributed by atoms with van der Waals surface area (Å²) in [6.45, 7) is 5.04. The van der Waals surface area contributed by atoms with Gasteiger partial charge in [0.1, 0.15) is 5.37 Å². The van der Waals surface area contributed by atoms with E-state index in [0.29, 0.717) is 5.75 Å². The topological polar surface area (TPSA) is 49.4 Å². The Hall–Kier alpha value is 0.400. The van der Waals surface area contributed by atoms with Gasteiger partial charge in [0.25, 0.3) is 0 Å². The monoisotopic (exact) mass is 412 g/mol. The molecule has 1 aromatic heterocycles. The highest BCUT2D eigenvalue weighted by atomic mass is 79.9. The third-order valence-electron chi connectivity index (χ3n) is 3.50. The molecule has 1 N–H and O–H groups in total. The van der Waals surface area contributed by atoms with E-state index in [1.54, 1.807) is 30.0 Å². The molecular formula is C13H21BrN2O2S3. The van der Waals surface area contributed by atoms with Gasteiger partial charge in [-0.1, -0.05) is 6.92 Å². The first-order chi connectivity index (χ1) is 10.0. The number of thiophene rings is 1. The van der Waals surface area contributed by atoms with Crippen LogP contribution in [-0.2, 0) is 16.4 Å². The van der Waals surface area contributed by atoms with Gasteiger partial charge in [0.05, 0.1) is 0 Å². The maximum absolute atomic E-state index is 12.1. The molecule has 1 unspecified atom stereocenters. The predicted molar refractivity (Wildman–Crippen MR) is 95.9 cm³/mol. The Kier molecular flexibility index (Phi) is 7.02. The van der Waals surface area contributed by atoms with Crippen molar-refractivity contribution in [2.24, 2.45) is 0 Å². The van der Waals surface area contributed by atoms with Crippen molar-refractivity contribution in [1.29, 1.82) is 0 Å². The first kappa shape index (κ1) is 17.7. The summed E-state index contributed by atoms with van der Waals surface area (Å²) >= 11 is 6.91. The zero-order chi connectivity index (χ0) is 15.3. The van der Waals surface area contributed by atoms with Gasteiger partial charge in [-0.2, -0.15) is 11.8 Å². The van der Waals surface area contributed by atoms with Gasteiger partial charge >= 0.3 is 0 Å². The minimum Gasteiger partial charge on any atom is -0.311 e. The average Bonchev–Trinajstić information content (AvgIpc) is 2.89. The summed E-state index contributed by atoms with van der Waals surface area (Å²) in [4.78, 5) is 3.40. The smallest absolute Gasteiger partial charge is 0.166 e. The molecule has 120 valence electrons. The van der Waals surface area contributed by atoms with Gasteiger partial charge in [0.2, 0.25) is 0 Å². The highest BCUT2D eigenvalue weighted by Crippen LogP contribution is 2.21. The normalized spacial score (nSPS) is 20.8. The molecule has 8 heteroatoms. The Balaban J connectivity index is 1.80. The molecule has 0 radical (unpaired) electrons. The van der Waals surface area contributed by atoms with Gasteiger partial charge in [0.15, 0.2) is 9.84 Å². The summed E-state index contributed by atoms with van der Waals surface area (Å²) < 4.78 is 25.4. The van der Waals surface area contributed by atoms with Crippen LogP contribution in [0.4, 0.5) is 0 Å². The van der Waals surface area contributed by atoms with Crippen molar-refractivity contribution < 1.29 is 8.42 Å². The van der Waals surface area contributed by atoms with E-state index in [9.17, 15) is 8.42 Å². The number of nitrogens with one attached hydrogen (secondary N) is 1. The van der Waals surface area contributed by atoms with E-state index in [0.717, 1.165) is 36.4 Å². The molecule has 0 bridgehead atoms. The van der Waals surface area contributed by atoms with Crippen molar-refractivity contribution in [2.45, 2.75) is 18.8 Å². The van der Waals surface area contributed by atoms with E-state index >= 15 is 0 Å². The van der Waals surface area contributed by atoms with Crippen LogP contribution in [0.25, 0.3) is 0 Å². The number of nitrogens with zero attached hydrogens (tertiary/aromatic N) is 1. The molecule has 2 heterocycles. The molecule has 0 saturated carbocycles. The van der Waals surface area contributed by atoms with Crippen LogP contribution in [0.15, 0.2) is 15.9 Å². The second-order valence-corrected chi connectivity index (χ2v) is 10.4. The number of rotatable bonds is 7. The Morgan fingerprint density at radius 3 is 3.00 bits per heavy atom. The number of sulfone groups is 1. The molecule has 1 fully saturated rings. The van der Waals surface area contributed by atoms with Gasteiger partial charge in [-0.25, -0.2) is 8.42 Å². The van der Waals surface area contributed by atoms with Crippen LogP contribution in [0.2, 0.25) is 0 Å². The molecule has 0 aromatic carbocycles. The van der Waals surface area contributed by atoms with Crippen LogP contribution >= 0.6 is 39.0 Å². The molecule has 0 aliphatic carbocycles. The Bertz CT molecular complexity index is 547. The molecule has 1 atom stereocenters. The fourth-order valence-electron chi connectivity index (χ4n) is 2.28. The fraction of sp³-hybridized carbons (Fsp3) is 0.692. The molecule has 1 aliphatic heterocycles. The van der Waals surface area contributed by atoms with Crippen LogP contribution in [0.5, 0.6) is 0 Å². The third-order valence-corrected chi connectivity index (χ3v) is 8.53. The summed E-state index contributed by atoms with van der Waals surface area (Å²) in [5, 5.41) is 5.16. The van der Waals surface area contributed by atoms with Crippen molar-refractivity contribution in [3.63, 3.8) is 0 Å². The van der Waals surface area contributed by atoms with E-state index in [1.165, 1.54) is 4.88 Å². The van der Waals surface area contributed by atoms with Crippen molar-refractivity contribution in [1.82, 2.24) is 10.2 Å². The summed E-state index contributed by atoms with van der Waals surface area (Å²) in [5.74, 6) is 1.95. The molecular weight excluding hydrogens is 392 g/mol. The van der Waals surface area contributed by atoms with Crippen LogP contribution < -0.4 is 5.32 Å². The van der Waals surface area contributed by atoms with E-state index in [2.05, 4.69) is 37.6 Å². The van der Waals surface area contributed by atoms with E-state index in [1.807, 2.05) is 0 Å². The van der Waals surface area contributed by atoms with Crippen LogP contribution in [0.3, 0.4) is 0 Å². The van der Waals surface area contributed by atoms with E-state index in [-0.39, 0.29) is 11.1 Å². The van der Waals surface area contributed by atoms with Crippen LogP contribution in [0.1, 0.15) is 11.8 Å². The lowest BCUT2D eigenvalue weighted by molar-refractivity contribution is 0.269. The summed E-state index contributed by atoms with van der Waals surface area (Å²) in [7, 11) is -2.98. The number of halogens is 1. The van der Waals surface area contributed by atoms with Gasteiger partial charge in [-0.05, 0) is 22.0 Å². The van der Waals surface area contributed by atoms with Crippen LogP contribution in [0, 0.1) is 0 Å². The lowest BCUT2D eigenvalue weighted by Gasteiger charge is -2.34. The quantitative estimate of drug-likeness (QED) is 0.696. The Morgan fingerprint density at radius 2 is 2.33 bits per heavy atom. The first-order valence-corrected chi connectivity index (χ1v) is 11.5. The number of hydrogen-bond donors (Lipinski definition) is 1. The molecule has 21 heavy (non-hydrogen) atoms. The van der Waals surface area contributed by atoms with Gasteiger partial charge in [-0.15, -0.1) is 11.3 Å². The molecule has 0 amide bonds. The highest BCUT2D eigenvalue weighted by Gasteiger charge is 2.32. The van der Waals surface area contributed by atoms with Crippen molar-refractivity contribution in [3.05, 3.63) is 20.8 Å². The Morgan fingerprint density at radius 1 is 1.52 bits per heavy atom. The van der Waals surface area contributed by atoms with E-state index < -0.39 is 9.84 Å². The summed E-state index contributed by atoms with van der Waals surface area (Å²) in [6.07, 6.45) is 0. The molecule has 1 saturated heterocycles. The largest absolute Gasteiger partial charge is 0.311 e. The predicted octanol–water partition coefficient (Wildman–Crippen LogP) is 2.41. The average molecular weight is 413 g/mol. The Labute approximate surface area is 143 Å². The lowest BCUT2D eigenvalue weighted by Crippen LogP contribution is -2.49. The van der Waals surface area contributed by atoms with Gasteiger partial charge in [-0.3, -0.25) is 4.90 Å². The molecule has 2 rings (SSSR count). The summed E-state index contributed by atoms with van der Waals surface area (Å²) in [5.41, 5.74) is 0. The van der Waals surface area contributed by atoms with Crippen molar-refractivity contribution in [2.75, 3.05) is 36.9 Å². The van der Waals surface area contributed by atoms with Crippen LogP contribution in [-0.4, -0.2) is 55.6 Å². The maximum Gasteiger partial charge on any atom is 0.166 e. The lowest BCUT2D eigenvalue weighted by atomic mass is 10.4. The molecule has 4 nitrogen and oxygen atoms in total. The van der Waals surface area contributed by atoms with Gasteiger partial charge < -0.3 is 5.32 Å². The van der Waals surface area contributed by atoms with Gasteiger partial charge in [0, 0.05) is 58.2 Å². The molecule has 0 spiro atoms. The number of thioether (sulfide) groups is 1. The third kappa shape index (κ3) is 5.21. The second kappa shape index (κ2) is 8.31. The summed E-state index contributed by atoms with van der Waals surface area (Å²) in [6, 6.07) is 2.11. The van der Waals surface area contributed by atoms with E-state index in [4.69, 9.17) is 0 Å². The molecule has 1 aromatic rings. The standard InChI is InChI=1S/C13H21BrN2O2S3/c1-2-21(17,18)13-10-19-6-5-16(13)4-3-15-8-12-7-11(14)9-20-12/h7,9,13,15H,2-6,8,10H2,1H3.